The lowest BCUT2D eigenvalue weighted by Gasteiger charge is -1.91. The van der Waals surface area contributed by atoms with Gasteiger partial charge < -0.3 is 0 Å². The summed E-state index contributed by atoms with van der Waals surface area (Å²) in [6.45, 7) is 0. The Labute approximate surface area is 117 Å². The third-order valence-corrected chi connectivity index (χ3v) is 2.27. The van der Waals surface area contributed by atoms with Crippen LogP contribution in [0.3, 0.4) is 0 Å². The molecule has 1 aromatic carbocycles. The molecule has 1 aromatic heterocycles. The summed E-state index contributed by atoms with van der Waals surface area (Å²) in [7, 11) is 0. The number of hydrogen-bond acceptors (Lipinski definition) is 3. The number of rotatable bonds is 0. The normalized spacial score (nSPS) is 8.95. The molecule has 0 amide bonds. The Bertz CT molecular complexity index is 776. The first-order valence-corrected chi connectivity index (χ1v) is 5.83. The Morgan fingerprint density at radius 3 is 2.40 bits per heavy atom. The van der Waals surface area contributed by atoms with Gasteiger partial charge in [0.05, 0.1) is 11.8 Å². The molecule has 0 aliphatic rings. The lowest BCUT2D eigenvalue weighted by Crippen LogP contribution is -1.81. The Morgan fingerprint density at radius 1 is 0.950 bits per heavy atom. The summed E-state index contributed by atoms with van der Waals surface area (Å²) in [5.74, 6) is 11.4. The molecule has 0 radical (unpaired) electrons. The van der Waals surface area contributed by atoms with Gasteiger partial charge in [-0.25, -0.2) is 4.98 Å². The maximum absolute atomic E-state index is 8.91. The van der Waals surface area contributed by atoms with Gasteiger partial charge in [0.15, 0.2) is 0 Å². The number of benzene rings is 1. The third kappa shape index (κ3) is 3.84. The minimum Gasteiger partial charge on any atom is -0.260 e. The zero-order chi connectivity index (χ0) is 14.0. The summed E-state index contributed by atoms with van der Waals surface area (Å²) in [6, 6.07) is 9.31. The fraction of sp³-hybridized carbons (Fsp3) is 0. The first-order chi connectivity index (χ1) is 9.90. The van der Waals surface area contributed by atoms with Crippen LogP contribution in [0, 0.1) is 35.0 Å². The summed E-state index contributed by atoms with van der Waals surface area (Å²) < 4.78 is 0. The molecule has 0 atom stereocenters. The van der Waals surface area contributed by atoms with Crippen molar-refractivity contribution in [3.63, 3.8) is 0 Å². The van der Waals surface area contributed by atoms with Gasteiger partial charge in [-0.2, -0.15) is 5.26 Å². The van der Waals surface area contributed by atoms with E-state index in [4.69, 9.17) is 5.26 Å². The zero-order valence-corrected chi connectivity index (χ0v) is 10.5. The van der Waals surface area contributed by atoms with Gasteiger partial charge in [-0.3, -0.25) is 4.98 Å². The largest absolute Gasteiger partial charge is 0.260 e. The van der Waals surface area contributed by atoms with Crippen LogP contribution in [-0.2, 0) is 0 Å². The molecule has 20 heavy (non-hydrogen) atoms. The maximum atomic E-state index is 8.91. The van der Waals surface area contributed by atoms with Crippen LogP contribution in [0.4, 0.5) is 0 Å². The van der Waals surface area contributed by atoms with Gasteiger partial charge in [0.25, 0.3) is 0 Å². The molecule has 0 aliphatic carbocycles. The third-order valence-electron chi connectivity index (χ3n) is 2.27. The van der Waals surface area contributed by atoms with Gasteiger partial charge in [-0.15, -0.1) is 0 Å². The van der Waals surface area contributed by atoms with Crippen molar-refractivity contribution in [2.45, 2.75) is 0 Å². The number of nitriles is 1. The fourth-order valence-corrected chi connectivity index (χ4v) is 1.37. The number of allylic oxidation sites excluding steroid dienone is 2. The van der Waals surface area contributed by atoms with Gasteiger partial charge in [0, 0.05) is 18.0 Å². The second kappa shape index (κ2) is 7.17. The fourth-order valence-electron chi connectivity index (χ4n) is 1.37. The molecule has 3 nitrogen and oxygen atoms in total. The van der Waals surface area contributed by atoms with E-state index in [2.05, 4.69) is 39.7 Å². The Kier molecular flexibility index (Phi) is 4.69. The zero-order valence-electron chi connectivity index (χ0n) is 10.5. The van der Waals surface area contributed by atoms with E-state index in [0.717, 1.165) is 0 Å². The van der Waals surface area contributed by atoms with Crippen LogP contribution in [-0.4, -0.2) is 9.97 Å². The molecular formula is C17H9N3. The van der Waals surface area contributed by atoms with E-state index in [1.165, 1.54) is 0 Å². The van der Waals surface area contributed by atoms with Crippen molar-refractivity contribution in [2.24, 2.45) is 0 Å². The van der Waals surface area contributed by atoms with E-state index < -0.39 is 0 Å². The molecule has 0 saturated carbocycles. The van der Waals surface area contributed by atoms with Crippen LogP contribution in [0.15, 0.2) is 55.0 Å². The predicted octanol–water partition coefficient (Wildman–Crippen LogP) is 2.31. The van der Waals surface area contributed by atoms with Crippen LogP contribution in [0.1, 0.15) is 16.8 Å². The molecule has 3 heteroatoms. The average molecular weight is 255 g/mol. The first kappa shape index (κ1) is 13.1. The lowest BCUT2D eigenvalue weighted by atomic mass is 10.1. The standard InChI is InChI=1S/C17H9N3/c18-13-16-9-6-5-8-15(16)7-3-1-2-4-10-17-14-19-11-12-20-17/h1-2,5-6,8-9,11-12,14H/b2-1+. The molecule has 0 spiro atoms. The molecule has 0 aliphatic heterocycles. The second-order valence-corrected chi connectivity index (χ2v) is 3.62. The smallest absolute Gasteiger partial charge is 0.131 e. The molecule has 1 heterocycles. The topological polar surface area (TPSA) is 49.6 Å². The first-order valence-electron chi connectivity index (χ1n) is 5.83. The summed E-state index contributed by atoms with van der Waals surface area (Å²) in [5, 5.41) is 8.91. The SMILES string of the molecule is N#Cc1ccccc1C#C/C=C/C#Cc1cnccn1. The predicted molar refractivity (Wildman–Crippen MR) is 76.1 cm³/mol. The average Bonchev–Trinajstić information content (AvgIpc) is 2.52. The maximum Gasteiger partial charge on any atom is 0.131 e. The van der Waals surface area contributed by atoms with Crippen LogP contribution < -0.4 is 0 Å². The van der Waals surface area contributed by atoms with Crippen molar-refractivity contribution >= 4 is 0 Å². The van der Waals surface area contributed by atoms with Crippen molar-refractivity contribution in [3.05, 3.63) is 71.8 Å². The van der Waals surface area contributed by atoms with Crippen LogP contribution in [0.5, 0.6) is 0 Å². The number of aromatic nitrogens is 2. The molecule has 0 N–H and O–H groups in total. The number of nitrogens with zero attached hydrogens (tertiary/aromatic N) is 3. The van der Waals surface area contributed by atoms with Gasteiger partial charge in [-0.1, -0.05) is 29.9 Å². The van der Waals surface area contributed by atoms with E-state index in [-0.39, 0.29) is 0 Å². The van der Waals surface area contributed by atoms with E-state index in [1.807, 2.05) is 18.2 Å². The van der Waals surface area contributed by atoms with E-state index in [9.17, 15) is 0 Å². The summed E-state index contributed by atoms with van der Waals surface area (Å²) >= 11 is 0. The Hall–Kier alpha value is -3.35. The van der Waals surface area contributed by atoms with Gasteiger partial charge in [0.2, 0.25) is 0 Å². The molecule has 0 unspecified atom stereocenters. The highest BCUT2D eigenvalue weighted by Crippen LogP contribution is 2.04. The molecule has 0 saturated heterocycles. The van der Waals surface area contributed by atoms with Gasteiger partial charge in [-0.05, 0) is 30.2 Å². The number of hydrogen-bond donors (Lipinski definition) is 0. The molecule has 2 rings (SSSR count). The lowest BCUT2D eigenvalue weighted by molar-refractivity contribution is 1.17. The monoisotopic (exact) mass is 255 g/mol. The highest BCUT2D eigenvalue weighted by atomic mass is 14.7. The summed E-state index contributed by atoms with van der Waals surface area (Å²) in [6.07, 6.45) is 8.05. The Morgan fingerprint density at radius 2 is 1.70 bits per heavy atom. The van der Waals surface area contributed by atoms with Gasteiger partial charge in [0.1, 0.15) is 11.8 Å². The van der Waals surface area contributed by atoms with Crippen LogP contribution in [0.25, 0.3) is 0 Å². The summed E-state index contributed by atoms with van der Waals surface area (Å²) in [4.78, 5) is 7.94. The minimum atomic E-state index is 0.569. The molecule has 92 valence electrons. The summed E-state index contributed by atoms with van der Waals surface area (Å²) in [5.41, 5.74) is 1.89. The van der Waals surface area contributed by atoms with Crippen molar-refractivity contribution in [3.8, 4) is 29.8 Å². The highest BCUT2D eigenvalue weighted by molar-refractivity contribution is 5.49. The van der Waals surface area contributed by atoms with Crippen molar-refractivity contribution in [1.82, 2.24) is 9.97 Å². The van der Waals surface area contributed by atoms with E-state index in [0.29, 0.717) is 16.8 Å². The Balaban J connectivity index is 2.04. The van der Waals surface area contributed by atoms with E-state index >= 15 is 0 Å². The van der Waals surface area contributed by atoms with E-state index in [1.54, 1.807) is 36.8 Å². The quantitative estimate of drug-likeness (QED) is 0.679. The van der Waals surface area contributed by atoms with Crippen LogP contribution >= 0.6 is 0 Å². The second-order valence-electron chi connectivity index (χ2n) is 3.62. The van der Waals surface area contributed by atoms with Crippen molar-refractivity contribution in [2.75, 3.05) is 0 Å². The highest BCUT2D eigenvalue weighted by Gasteiger charge is 1.94. The molecule has 0 fully saturated rings. The van der Waals surface area contributed by atoms with Gasteiger partial charge >= 0.3 is 0 Å². The molecule has 0 bridgehead atoms. The van der Waals surface area contributed by atoms with Crippen molar-refractivity contribution < 1.29 is 0 Å². The van der Waals surface area contributed by atoms with Crippen LogP contribution in [0.2, 0.25) is 0 Å². The molecular weight excluding hydrogens is 246 g/mol. The molecule has 2 aromatic rings. The van der Waals surface area contributed by atoms with Crippen molar-refractivity contribution in [1.29, 1.82) is 5.26 Å². The minimum absolute atomic E-state index is 0.569.